The highest BCUT2D eigenvalue weighted by Gasteiger charge is 2.29. The summed E-state index contributed by atoms with van der Waals surface area (Å²) in [6, 6.07) is 36.2. The maximum Gasteiger partial charge on any atom is 0.234 e. The highest BCUT2D eigenvalue weighted by molar-refractivity contribution is 6.13. The summed E-state index contributed by atoms with van der Waals surface area (Å²) >= 11 is 0. The summed E-state index contributed by atoms with van der Waals surface area (Å²) < 4.78 is 4.11. The summed E-state index contributed by atoms with van der Waals surface area (Å²) in [6.45, 7) is 0. The van der Waals surface area contributed by atoms with Crippen LogP contribution >= 0.6 is 0 Å². The zero-order chi connectivity index (χ0) is 28.3. The first kappa shape index (κ1) is 23.6. The highest BCUT2D eigenvalue weighted by Crippen LogP contribution is 2.54. The van der Waals surface area contributed by atoms with Gasteiger partial charge in [0.2, 0.25) is 11.9 Å². The molecule has 0 bridgehead atoms. The molecule has 0 N–H and O–H groups in total. The molecular weight excluding hydrogens is 530 g/mol. The summed E-state index contributed by atoms with van der Waals surface area (Å²) in [4.78, 5) is 20.6. The fourth-order valence-electron chi connectivity index (χ4n) is 6.33. The third-order valence-corrected chi connectivity index (χ3v) is 8.17. The van der Waals surface area contributed by atoms with Crippen LogP contribution in [-0.2, 0) is 0 Å². The molecule has 8 aromatic rings. The number of hydrogen-bond acceptors (Lipinski definition) is 5. The van der Waals surface area contributed by atoms with Crippen molar-refractivity contribution in [2.45, 2.75) is 0 Å². The monoisotopic (exact) mass is 553 g/mol. The molecule has 0 spiro atoms. The Morgan fingerprint density at radius 3 is 1.81 bits per heavy atom. The molecule has 7 heteroatoms. The summed E-state index contributed by atoms with van der Waals surface area (Å²) in [5, 5.41) is 2.23. The van der Waals surface area contributed by atoms with Crippen LogP contribution in [0.4, 0.5) is 17.1 Å². The molecular formula is C36H23N7. The van der Waals surface area contributed by atoms with E-state index in [-0.39, 0.29) is 0 Å². The molecule has 0 fully saturated rings. The summed E-state index contributed by atoms with van der Waals surface area (Å²) in [7, 11) is 0. The Kier molecular flexibility index (Phi) is 5.06. The summed E-state index contributed by atoms with van der Waals surface area (Å²) in [5.41, 5.74) is 10.0. The van der Waals surface area contributed by atoms with E-state index in [1.54, 1.807) is 24.8 Å². The number of anilines is 3. The van der Waals surface area contributed by atoms with Gasteiger partial charge in [0.1, 0.15) is 0 Å². The zero-order valence-electron chi connectivity index (χ0n) is 22.9. The lowest BCUT2D eigenvalue weighted by molar-refractivity contribution is 0.962. The Morgan fingerprint density at radius 1 is 0.465 bits per heavy atom. The van der Waals surface area contributed by atoms with Gasteiger partial charge >= 0.3 is 0 Å². The van der Waals surface area contributed by atoms with Gasteiger partial charge in [-0.1, -0.05) is 48.5 Å². The van der Waals surface area contributed by atoms with E-state index in [0.29, 0.717) is 11.9 Å². The number of hydrogen-bond donors (Lipinski definition) is 0. The first-order chi connectivity index (χ1) is 21.3. The second-order valence-electron chi connectivity index (χ2n) is 10.5. The van der Waals surface area contributed by atoms with Crippen molar-refractivity contribution >= 4 is 38.9 Å². The molecule has 0 unspecified atom stereocenters. The number of benzene rings is 4. The molecule has 1 aliphatic heterocycles. The molecule has 0 radical (unpaired) electrons. The number of rotatable bonds is 3. The fraction of sp³-hybridized carbons (Fsp3) is 0. The third-order valence-electron chi connectivity index (χ3n) is 8.17. The van der Waals surface area contributed by atoms with Crippen molar-refractivity contribution in [2.75, 3.05) is 4.90 Å². The molecule has 7 nitrogen and oxygen atoms in total. The first-order valence-corrected chi connectivity index (χ1v) is 14.1. The van der Waals surface area contributed by atoms with Gasteiger partial charge in [0, 0.05) is 64.8 Å². The Bertz CT molecular complexity index is 2270. The first-order valence-electron chi connectivity index (χ1n) is 14.1. The molecule has 0 atom stereocenters. The van der Waals surface area contributed by atoms with Crippen LogP contribution in [0, 0.1) is 0 Å². The predicted octanol–water partition coefficient (Wildman–Crippen LogP) is 8.27. The SMILES string of the molecule is c1ccc(N2c3cc4c(ccn4-c4ncccn4)cc3-c3ccccc3-c3ccc4c(ccn4-c4ncccn4)c32)cc1. The van der Waals surface area contributed by atoms with E-state index in [2.05, 4.69) is 131 Å². The third kappa shape index (κ3) is 3.55. The maximum absolute atomic E-state index is 4.55. The van der Waals surface area contributed by atoms with Crippen molar-refractivity contribution in [2.24, 2.45) is 0 Å². The van der Waals surface area contributed by atoms with E-state index in [1.807, 2.05) is 18.3 Å². The molecule has 43 heavy (non-hydrogen) atoms. The number of nitrogens with zero attached hydrogens (tertiary/aromatic N) is 7. The van der Waals surface area contributed by atoms with Crippen molar-refractivity contribution in [3.05, 3.63) is 140 Å². The Labute approximate surface area is 247 Å². The van der Waals surface area contributed by atoms with Gasteiger partial charge in [-0.05, 0) is 65.7 Å². The number of aromatic nitrogens is 6. The maximum atomic E-state index is 4.55. The van der Waals surface area contributed by atoms with Gasteiger partial charge in [0.15, 0.2) is 0 Å². The van der Waals surface area contributed by atoms with Crippen LogP contribution in [-0.4, -0.2) is 29.1 Å². The van der Waals surface area contributed by atoms with E-state index >= 15 is 0 Å². The zero-order valence-corrected chi connectivity index (χ0v) is 22.9. The van der Waals surface area contributed by atoms with Crippen molar-refractivity contribution in [1.82, 2.24) is 29.1 Å². The van der Waals surface area contributed by atoms with Crippen molar-refractivity contribution in [1.29, 1.82) is 0 Å². The topological polar surface area (TPSA) is 64.7 Å². The molecule has 4 aromatic heterocycles. The predicted molar refractivity (Wildman–Crippen MR) is 170 cm³/mol. The van der Waals surface area contributed by atoms with Gasteiger partial charge in [0.05, 0.1) is 22.4 Å². The normalized spacial score (nSPS) is 12.1. The molecule has 4 aromatic carbocycles. The van der Waals surface area contributed by atoms with Gasteiger partial charge in [-0.2, -0.15) is 0 Å². The van der Waals surface area contributed by atoms with E-state index in [0.717, 1.165) is 50.0 Å². The molecule has 0 saturated heterocycles. The van der Waals surface area contributed by atoms with Crippen LogP contribution in [0.2, 0.25) is 0 Å². The van der Waals surface area contributed by atoms with E-state index in [4.69, 9.17) is 0 Å². The van der Waals surface area contributed by atoms with Crippen molar-refractivity contribution in [3.8, 4) is 34.2 Å². The number of fused-ring (bicyclic) bond motifs is 8. The molecule has 0 aliphatic carbocycles. The fourth-order valence-corrected chi connectivity index (χ4v) is 6.33. The Hall–Kier alpha value is -6.08. The van der Waals surface area contributed by atoms with Gasteiger partial charge in [-0.15, -0.1) is 0 Å². The van der Waals surface area contributed by atoms with Crippen LogP contribution in [0.3, 0.4) is 0 Å². The van der Waals surface area contributed by atoms with Crippen molar-refractivity contribution in [3.63, 3.8) is 0 Å². The number of para-hydroxylation sites is 1. The lowest BCUT2D eigenvalue weighted by atomic mass is 9.93. The van der Waals surface area contributed by atoms with E-state index < -0.39 is 0 Å². The Balaban J connectivity index is 1.41. The molecule has 0 saturated carbocycles. The lowest BCUT2D eigenvalue weighted by Crippen LogP contribution is -2.12. The smallest absolute Gasteiger partial charge is 0.234 e. The van der Waals surface area contributed by atoms with Crippen LogP contribution in [0.15, 0.2) is 140 Å². The standard InChI is InChI=1S/C36H23N7/c1-2-8-25(9-3-1)43-33-23-32-24(14-20-42(32)36-39-18-7-19-40-36)22-30(33)27-11-5-4-10-26(27)28-12-13-31-29(34(28)43)15-21-41(31)35-37-16-6-17-38-35/h1-23H. The molecule has 5 heterocycles. The average molecular weight is 554 g/mol. The second kappa shape index (κ2) is 9.22. The average Bonchev–Trinajstić information content (AvgIpc) is 3.68. The minimum Gasteiger partial charge on any atom is -0.308 e. The lowest BCUT2D eigenvalue weighted by Gasteiger charge is -2.28. The largest absolute Gasteiger partial charge is 0.308 e. The van der Waals surface area contributed by atoms with Gasteiger partial charge in [0.25, 0.3) is 0 Å². The molecule has 0 amide bonds. The van der Waals surface area contributed by atoms with Crippen LogP contribution in [0.5, 0.6) is 0 Å². The summed E-state index contributed by atoms with van der Waals surface area (Å²) in [6.07, 6.45) is 11.2. The minimum absolute atomic E-state index is 0.639. The van der Waals surface area contributed by atoms with Gasteiger partial charge in [-0.25, -0.2) is 19.9 Å². The van der Waals surface area contributed by atoms with Gasteiger partial charge < -0.3 is 4.90 Å². The minimum atomic E-state index is 0.639. The van der Waals surface area contributed by atoms with Crippen LogP contribution < -0.4 is 4.90 Å². The Morgan fingerprint density at radius 2 is 1.09 bits per heavy atom. The molecule has 202 valence electrons. The van der Waals surface area contributed by atoms with Crippen LogP contribution in [0.25, 0.3) is 56.0 Å². The van der Waals surface area contributed by atoms with Gasteiger partial charge in [-0.3, -0.25) is 9.13 Å². The van der Waals surface area contributed by atoms with E-state index in [9.17, 15) is 0 Å². The van der Waals surface area contributed by atoms with Crippen molar-refractivity contribution < 1.29 is 0 Å². The molecule has 9 rings (SSSR count). The quantitative estimate of drug-likeness (QED) is 0.220. The van der Waals surface area contributed by atoms with E-state index in [1.165, 1.54) is 11.1 Å². The van der Waals surface area contributed by atoms with Crippen LogP contribution in [0.1, 0.15) is 0 Å². The second-order valence-corrected chi connectivity index (χ2v) is 10.5. The molecule has 1 aliphatic rings. The highest BCUT2D eigenvalue weighted by atomic mass is 15.2. The summed E-state index contributed by atoms with van der Waals surface area (Å²) in [5.74, 6) is 1.28.